The Labute approximate surface area is 126 Å². The van der Waals surface area contributed by atoms with Gasteiger partial charge >= 0.3 is 5.97 Å². The van der Waals surface area contributed by atoms with Crippen molar-refractivity contribution in [2.45, 2.75) is 25.3 Å². The molecular formula is C16H25NO4. The monoisotopic (exact) mass is 295 g/mol. The zero-order valence-electron chi connectivity index (χ0n) is 12.8. The van der Waals surface area contributed by atoms with Crippen LogP contribution < -0.4 is 5.32 Å². The quantitative estimate of drug-likeness (QED) is 0.611. The molecule has 118 valence electrons. The summed E-state index contributed by atoms with van der Waals surface area (Å²) in [4.78, 5) is 11.7. The molecule has 0 radical (unpaired) electrons. The van der Waals surface area contributed by atoms with Crippen molar-refractivity contribution in [2.75, 3.05) is 33.5 Å². The SMILES string of the molecule is CCCOCCOCCC(NC)(C(=O)O)c1ccccc1. The van der Waals surface area contributed by atoms with Crippen molar-refractivity contribution >= 4 is 5.97 Å². The van der Waals surface area contributed by atoms with Crippen LogP contribution in [-0.4, -0.2) is 44.6 Å². The smallest absolute Gasteiger partial charge is 0.328 e. The Morgan fingerprint density at radius 2 is 1.76 bits per heavy atom. The van der Waals surface area contributed by atoms with Gasteiger partial charge in [0.1, 0.15) is 5.54 Å². The maximum Gasteiger partial charge on any atom is 0.328 e. The van der Waals surface area contributed by atoms with Crippen molar-refractivity contribution < 1.29 is 19.4 Å². The minimum Gasteiger partial charge on any atom is -0.480 e. The number of carbonyl (C=O) groups is 1. The number of hydrogen-bond acceptors (Lipinski definition) is 4. The number of hydrogen-bond donors (Lipinski definition) is 2. The Hall–Kier alpha value is -1.43. The largest absolute Gasteiger partial charge is 0.480 e. The molecule has 0 saturated carbocycles. The molecule has 0 aliphatic heterocycles. The standard InChI is InChI=1S/C16H25NO4/c1-3-10-20-12-13-21-11-9-16(17-2,15(18)19)14-7-5-4-6-8-14/h4-8,17H,3,9-13H2,1-2H3,(H,18,19). The van der Waals surface area contributed by atoms with E-state index in [-0.39, 0.29) is 0 Å². The summed E-state index contributed by atoms with van der Waals surface area (Å²) in [7, 11) is 1.66. The van der Waals surface area contributed by atoms with Crippen LogP contribution in [-0.2, 0) is 19.8 Å². The molecule has 5 heteroatoms. The molecule has 0 heterocycles. The van der Waals surface area contributed by atoms with Crippen LogP contribution in [0.5, 0.6) is 0 Å². The normalized spacial score (nSPS) is 13.8. The number of carboxylic acid groups (broad SMARTS) is 1. The zero-order valence-corrected chi connectivity index (χ0v) is 12.8. The fourth-order valence-electron chi connectivity index (χ4n) is 2.17. The lowest BCUT2D eigenvalue weighted by atomic mass is 9.87. The summed E-state index contributed by atoms with van der Waals surface area (Å²) in [6.07, 6.45) is 1.34. The number of aliphatic carboxylic acids is 1. The highest BCUT2D eigenvalue weighted by Gasteiger charge is 2.38. The predicted octanol–water partition coefficient (Wildman–Crippen LogP) is 2.02. The van der Waals surface area contributed by atoms with Gasteiger partial charge in [0.15, 0.2) is 0 Å². The average molecular weight is 295 g/mol. The first kappa shape index (κ1) is 17.6. The van der Waals surface area contributed by atoms with Crippen molar-refractivity contribution in [3.05, 3.63) is 35.9 Å². The molecular weight excluding hydrogens is 270 g/mol. The maximum absolute atomic E-state index is 11.7. The second-order valence-electron chi connectivity index (χ2n) is 4.80. The first-order chi connectivity index (χ1) is 10.2. The van der Waals surface area contributed by atoms with Crippen LogP contribution in [0.25, 0.3) is 0 Å². The van der Waals surface area contributed by atoms with Gasteiger partial charge in [-0.05, 0) is 19.0 Å². The summed E-state index contributed by atoms with van der Waals surface area (Å²) in [5.74, 6) is -0.901. The number of ether oxygens (including phenoxy) is 2. The summed E-state index contributed by atoms with van der Waals surface area (Å²) < 4.78 is 10.8. The molecule has 1 aromatic rings. The van der Waals surface area contributed by atoms with Crippen molar-refractivity contribution in [2.24, 2.45) is 0 Å². The summed E-state index contributed by atoms with van der Waals surface area (Å²) in [6.45, 7) is 4.16. The second kappa shape index (κ2) is 9.50. The summed E-state index contributed by atoms with van der Waals surface area (Å²) >= 11 is 0. The number of nitrogens with one attached hydrogen (secondary N) is 1. The van der Waals surface area contributed by atoms with Gasteiger partial charge in [0.2, 0.25) is 0 Å². The van der Waals surface area contributed by atoms with Gasteiger partial charge in [0, 0.05) is 19.6 Å². The Balaban J connectivity index is 2.54. The highest BCUT2D eigenvalue weighted by Crippen LogP contribution is 2.25. The number of carboxylic acids is 1. The van der Waals surface area contributed by atoms with Crippen LogP contribution in [0.1, 0.15) is 25.3 Å². The van der Waals surface area contributed by atoms with E-state index >= 15 is 0 Å². The van der Waals surface area contributed by atoms with Gasteiger partial charge < -0.3 is 19.9 Å². The third kappa shape index (κ3) is 5.12. The van der Waals surface area contributed by atoms with Gasteiger partial charge in [-0.2, -0.15) is 0 Å². The van der Waals surface area contributed by atoms with Gasteiger partial charge in [-0.15, -0.1) is 0 Å². The molecule has 1 unspecified atom stereocenters. The van der Waals surface area contributed by atoms with Crippen LogP contribution in [0.3, 0.4) is 0 Å². The number of benzene rings is 1. The van der Waals surface area contributed by atoms with Crippen molar-refractivity contribution in [1.29, 1.82) is 0 Å². The molecule has 5 nitrogen and oxygen atoms in total. The van der Waals surface area contributed by atoms with E-state index in [0.717, 1.165) is 18.6 Å². The summed E-state index contributed by atoms with van der Waals surface area (Å²) in [5, 5.41) is 12.5. The van der Waals surface area contributed by atoms with Gasteiger partial charge in [0.05, 0.1) is 13.2 Å². The second-order valence-corrected chi connectivity index (χ2v) is 4.80. The molecule has 0 amide bonds. The van der Waals surface area contributed by atoms with E-state index in [1.165, 1.54) is 0 Å². The van der Waals surface area contributed by atoms with Crippen LogP contribution in [0, 0.1) is 0 Å². The maximum atomic E-state index is 11.7. The molecule has 0 saturated heterocycles. The van der Waals surface area contributed by atoms with Gasteiger partial charge in [-0.25, -0.2) is 4.79 Å². The molecule has 0 aliphatic carbocycles. The molecule has 0 spiro atoms. The molecule has 1 aromatic carbocycles. The molecule has 0 aromatic heterocycles. The number of likely N-dealkylation sites (N-methyl/N-ethyl adjacent to an activating group) is 1. The molecule has 0 aliphatic rings. The predicted molar refractivity (Wildman–Crippen MR) is 81.4 cm³/mol. The van der Waals surface area contributed by atoms with Gasteiger partial charge in [0.25, 0.3) is 0 Å². The van der Waals surface area contributed by atoms with E-state index in [9.17, 15) is 9.90 Å². The van der Waals surface area contributed by atoms with E-state index < -0.39 is 11.5 Å². The van der Waals surface area contributed by atoms with Crippen LogP contribution in [0.15, 0.2) is 30.3 Å². The molecule has 0 fully saturated rings. The van der Waals surface area contributed by atoms with E-state index in [2.05, 4.69) is 12.2 Å². The number of rotatable bonds is 11. The van der Waals surface area contributed by atoms with Crippen molar-refractivity contribution in [3.8, 4) is 0 Å². The first-order valence-corrected chi connectivity index (χ1v) is 7.30. The van der Waals surface area contributed by atoms with E-state index in [1.807, 2.05) is 30.3 Å². The Bertz CT molecular complexity index is 410. The molecule has 1 rings (SSSR count). The topological polar surface area (TPSA) is 67.8 Å². The lowest BCUT2D eigenvalue weighted by molar-refractivity contribution is -0.146. The van der Waals surface area contributed by atoms with E-state index in [0.29, 0.717) is 26.2 Å². The third-order valence-corrected chi connectivity index (χ3v) is 3.40. The highest BCUT2D eigenvalue weighted by atomic mass is 16.5. The lowest BCUT2D eigenvalue weighted by Crippen LogP contribution is -2.48. The third-order valence-electron chi connectivity index (χ3n) is 3.40. The Morgan fingerprint density at radius 1 is 1.14 bits per heavy atom. The molecule has 1 atom stereocenters. The fourth-order valence-corrected chi connectivity index (χ4v) is 2.17. The van der Waals surface area contributed by atoms with Crippen molar-refractivity contribution in [1.82, 2.24) is 5.32 Å². The lowest BCUT2D eigenvalue weighted by Gasteiger charge is -2.29. The van der Waals surface area contributed by atoms with Crippen LogP contribution in [0.4, 0.5) is 0 Å². The Morgan fingerprint density at radius 3 is 2.29 bits per heavy atom. The van der Waals surface area contributed by atoms with Gasteiger partial charge in [-0.3, -0.25) is 0 Å². The van der Waals surface area contributed by atoms with E-state index in [4.69, 9.17) is 9.47 Å². The average Bonchev–Trinajstić information content (AvgIpc) is 2.51. The molecule has 2 N–H and O–H groups in total. The summed E-state index contributed by atoms with van der Waals surface area (Å²) in [6, 6.07) is 9.17. The summed E-state index contributed by atoms with van der Waals surface area (Å²) in [5.41, 5.74) is -0.392. The van der Waals surface area contributed by atoms with Crippen molar-refractivity contribution in [3.63, 3.8) is 0 Å². The fraction of sp³-hybridized carbons (Fsp3) is 0.562. The minimum absolute atomic E-state index is 0.358. The van der Waals surface area contributed by atoms with Gasteiger partial charge in [-0.1, -0.05) is 37.3 Å². The van der Waals surface area contributed by atoms with E-state index in [1.54, 1.807) is 7.05 Å². The first-order valence-electron chi connectivity index (χ1n) is 7.30. The highest BCUT2D eigenvalue weighted by molar-refractivity contribution is 5.80. The Kier molecular flexibility index (Phi) is 7.97. The zero-order chi connectivity index (χ0) is 15.6. The molecule has 0 bridgehead atoms. The van der Waals surface area contributed by atoms with Crippen LogP contribution >= 0.6 is 0 Å². The minimum atomic E-state index is -1.12. The van der Waals surface area contributed by atoms with Crippen LogP contribution in [0.2, 0.25) is 0 Å². The molecule has 21 heavy (non-hydrogen) atoms.